The number of amides is 1. The van der Waals surface area contributed by atoms with Crippen LogP contribution in [0.4, 0.5) is 14.2 Å². The number of hydrogen-bond donors (Lipinski definition) is 1. The minimum Gasteiger partial charge on any atom is -0.487 e. The second-order valence-corrected chi connectivity index (χ2v) is 9.69. The van der Waals surface area contributed by atoms with Gasteiger partial charge in [0.1, 0.15) is 33.8 Å². The van der Waals surface area contributed by atoms with Crippen LogP contribution in [-0.2, 0) is 4.74 Å². The van der Waals surface area contributed by atoms with Crippen molar-refractivity contribution in [2.45, 2.75) is 6.92 Å². The molecule has 3 aromatic heterocycles. The summed E-state index contributed by atoms with van der Waals surface area (Å²) in [6.45, 7) is 1.78. The molecule has 0 aliphatic rings. The van der Waals surface area contributed by atoms with Crippen LogP contribution in [-0.4, -0.2) is 45.7 Å². The molecule has 0 bridgehead atoms. The van der Waals surface area contributed by atoms with E-state index >= 15 is 0 Å². The Morgan fingerprint density at radius 2 is 2.06 bits per heavy atom. The highest BCUT2D eigenvalue weighted by Crippen LogP contribution is 2.40. The Bertz CT molecular complexity index is 1580. The summed E-state index contributed by atoms with van der Waals surface area (Å²) >= 11 is 8.75. The van der Waals surface area contributed by atoms with Gasteiger partial charge >= 0.3 is 6.09 Å². The van der Waals surface area contributed by atoms with Gasteiger partial charge in [-0.15, -0.1) is 11.3 Å². The monoisotopic (exact) mass is 545 g/mol. The molecule has 0 saturated carbocycles. The molecule has 0 saturated heterocycles. The normalized spacial score (nSPS) is 11.1. The van der Waals surface area contributed by atoms with Crippen LogP contribution in [0.5, 0.6) is 11.6 Å². The number of nitrogens with zero attached hydrogens (tertiary/aromatic N) is 4. The van der Waals surface area contributed by atoms with Gasteiger partial charge in [0.2, 0.25) is 5.88 Å². The van der Waals surface area contributed by atoms with Crippen LogP contribution in [0.3, 0.4) is 0 Å². The Kier molecular flexibility index (Phi) is 6.81. The SMILES string of the molecule is COc1cnc2c(-c3nc4c(Cl)c(F)c(OCCOC(=O)Nc5ccns5)cc4s3)cc(C)cc2n1. The molecule has 0 radical (unpaired) electrons. The van der Waals surface area contributed by atoms with Gasteiger partial charge in [-0.3, -0.25) is 5.32 Å². The standard InChI is InChI=1S/C23H17ClFN5O4S2/c1-11-7-12(20-13(8-11)28-16(32-2)10-26-20)22-30-21-15(35-22)9-14(19(25)18(21)24)33-5-6-34-23(31)29-17-3-4-27-36-17/h3-4,7-10H,5-6H2,1-2H3,(H,29,31). The molecule has 9 nitrogen and oxygen atoms in total. The fraction of sp³-hybridized carbons (Fsp3) is 0.174. The van der Waals surface area contributed by atoms with Gasteiger partial charge in [0.15, 0.2) is 11.6 Å². The van der Waals surface area contributed by atoms with Gasteiger partial charge < -0.3 is 14.2 Å². The van der Waals surface area contributed by atoms with Crippen molar-refractivity contribution in [3.63, 3.8) is 0 Å². The van der Waals surface area contributed by atoms with Crippen LogP contribution in [0, 0.1) is 12.7 Å². The van der Waals surface area contributed by atoms with Crippen molar-refractivity contribution in [2.75, 3.05) is 25.6 Å². The lowest BCUT2D eigenvalue weighted by Gasteiger charge is -2.09. The number of nitrogens with one attached hydrogen (secondary N) is 1. The Morgan fingerprint density at radius 1 is 1.19 bits per heavy atom. The van der Waals surface area contributed by atoms with Crippen LogP contribution in [0.2, 0.25) is 5.02 Å². The van der Waals surface area contributed by atoms with Crippen LogP contribution in [0.25, 0.3) is 31.8 Å². The summed E-state index contributed by atoms with van der Waals surface area (Å²) < 4.78 is 35.2. The lowest BCUT2D eigenvalue weighted by atomic mass is 10.1. The first-order valence-corrected chi connectivity index (χ1v) is 12.5. The fourth-order valence-electron chi connectivity index (χ4n) is 3.41. The van der Waals surface area contributed by atoms with E-state index in [4.69, 9.17) is 25.8 Å². The molecule has 36 heavy (non-hydrogen) atoms. The van der Waals surface area contributed by atoms with Crippen LogP contribution >= 0.6 is 34.5 Å². The molecule has 0 aliphatic heterocycles. The van der Waals surface area contributed by atoms with Crippen molar-refractivity contribution in [3.05, 3.63) is 53.1 Å². The molecule has 5 aromatic rings. The summed E-state index contributed by atoms with van der Waals surface area (Å²) in [5, 5.41) is 3.54. The Morgan fingerprint density at radius 3 is 2.83 bits per heavy atom. The van der Waals surface area contributed by atoms with Gasteiger partial charge in [-0.05, 0) is 42.2 Å². The summed E-state index contributed by atoms with van der Waals surface area (Å²) in [7, 11) is 1.53. The van der Waals surface area contributed by atoms with Crippen molar-refractivity contribution in [1.82, 2.24) is 19.3 Å². The number of ether oxygens (including phenoxy) is 3. The predicted molar refractivity (Wildman–Crippen MR) is 137 cm³/mol. The number of thiazole rings is 1. The highest BCUT2D eigenvalue weighted by molar-refractivity contribution is 7.21. The molecule has 2 aromatic carbocycles. The van der Waals surface area contributed by atoms with Gasteiger partial charge in [0.25, 0.3) is 0 Å². The maximum Gasteiger partial charge on any atom is 0.412 e. The number of aryl methyl sites for hydroxylation is 1. The van der Waals surface area contributed by atoms with Crippen molar-refractivity contribution < 1.29 is 23.4 Å². The Balaban J connectivity index is 1.37. The quantitative estimate of drug-likeness (QED) is 0.244. The molecule has 3 heterocycles. The van der Waals surface area contributed by atoms with E-state index in [1.165, 1.54) is 30.7 Å². The molecule has 0 aliphatic carbocycles. The third-order valence-corrected chi connectivity index (χ3v) is 7.02. The van der Waals surface area contributed by atoms with Gasteiger partial charge in [-0.1, -0.05) is 11.6 Å². The second kappa shape index (κ2) is 10.2. The first-order valence-electron chi connectivity index (χ1n) is 10.5. The number of carbonyl (C=O) groups excluding carboxylic acids is 1. The first-order chi connectivity index (χ1) is 17.4. The zero-order chi connectivity index (χ0) is 25.2. The number of hydrogen-bond acceptors (Lipinski definition) is 10. The molecule has 1 amide bonds. The zero-order valence-electron chi connectivity index (χ0n) is 18.9. The maximum atomic E-state index is 14.9. The summed E-state index contributed by atoms with van der Waals surface area (Å²) in [5.74, 6) is -0.401. The Labute approximate surface area is 217 Å². The number of aromatic nitrogens is 4. The van der Waals surface area contributed by atoms with Crippen LogP contribution < -0.4 is 14.8 Å². The molecule has 0 fully saturated rings. The fourth-order valence-corrected chi connectivity index (χ4v) is 5.21. The van der Waals surface area contributed by atoms with Crippen LogP contribution in [0.1, 0.15) is 5.56 Å². The van der Waals surface area contributed by atoms with Gasteiger partial charge in [-0.25, -0.2) is 24.1 Å². The zero-order valence-corrected chi connectivity index (χ0v) is 21.3. The summed E-state index contributed by atoms with van der Waals surface area (Å²) in [4.78, 5) is 25.3. The van der Waals surface area contributed by atoms with Gasteiger partial charge in [0, 0.05) is 17.8 Å². The van der Waals surface area contributed by atoms with Crippen molar-refractivity contribution in [1.29, 1.82) is 0 Å². The van der Waals surface area contributed by atoms with E-state index in [1.54, 1.807) is 12.3 Å². The molecular weight excluding hydrogens is 529 g/mol. The molecule has 184 valence electrons. The minimum absolute atomic E-state index is 0.0622. The van der Waals surface area contributed by atoms with Crippen molar-refractivity contribution in [3.8, 4) is 22.2 Å². The van der Waals surface area contributed by atoms with E-state index in [0.29, 0.717) is 37.1 Å². The number of carbonyl (C=O) groups is 1. The number of halogens is 2. The predicted octanol–water partition coefficient (Wildman–Crippen LogP) is 6.10. The lowest BCUT2D eigenvalue weighted by Crippen LogP contribution is -2.17. The van der Waals surface area contributed by atoms with E-state index in [9.17, 15) is 9.18 Å². The second-order valence-electron chi connectivity index (χ2n) is 7.45. The third kappa shape index (κ3) is 4.87. The molecule has 0 unspecified atom stereocenters. The Hall–Kier alpha value is -3.61. The van der Waals surface area contributed by atoms with E-state index in [2.05, 4.69) is 24.6 Å². The van der Waals surface area contributed by atoms with Crippen molar-refractivity contribution >= 4 is 66.8 Å². The first kappa shape index (κ1) is 24.1. The van der Waals surface area contributed by atoms with Crippen LogP contribution in [0.15, 0.2) is 36.7 Å². The maximum absolute atomic E-state index is 14.9. The average molecular weight is 546 g/mol. The number of rotatable bonds is 7. The molecule has 5 rings (SSSR count). The number of anilines is 1. The molecular formula is C23H17ClFN5O4S2. The largest absolute Gasteiger partial charge is 0.487 e. The topological polar surface area (TPSA) is 108 Å². The average Bonchev–Trinajstić information content (AvgIpc) is 3.53. The van der Waals surface area contributed by atoms with Gasteiger partial charge in [0.05, 0.1) is 29.0 Å². The molecule has 13 heteroatoms. The third-order valence-electron chi connectivity index (χ3n) is 4.98. The highest BCUT2D eigenvalue weighted by Gasteiger charge is 2.20. The molecule has 0 atom stereocenters. The number of benzene rings is 2. The number of methoxy groups -OCH3 is 1. The summed E-state index contributed by atoms with van der Waals surface area (Å²) in [6, 6.07) is 7.01. The van der Waals surface area contributed by atoms with E-state index in [-0.39, 0.29) is 24.0 Å². The van der Waals surface area contributed by atoms with Crippen molar-refractivity contribution in [2.24, 2.45) is 0 Å². The van der Waals surface area contributed by atoms with Gasteiger partial charge in [-0.2, -0.15) is 4.37 Å². The summed E-state index contributed by atoms with van der Waals surface area (Å²) in [5.41, 5.74) is 3.32. The van der Waals surface area contributed by atoms with E-state index < -0.39 is 11.9 Å². The van der Waals surface area contributed by atoms with E-state index in [1.807, 2.05) is 19.1 Å². The molecule has 1 N–H and O–H groups in total. The summed E-state index contributed by atoms with van der Waals surface area (Å²) in [6.07, 6.45) is 2.44. The van der Waals surface area contributed by atoms with E-state index in [0.717, 1.165) is 22.7 Å². The lowest BCUT2D eigenvalue weighted by molar-refractivity contribution is 0.136. The minimum atomic E-state index is -0.742. The highest BCUT2D eigenvalue weighted by atomic mass is 35.5. The number of fused-ring (bicyclic) bond motifs is 2. The smallest absolute Gasteiger partial charge is 0.412 e. The molecule has 0 spiro atoms.